The van der Waals surface area contributed by atoms with Gasteiger partial charge in [-0.05, 0) is 29.8 Å². The third-order valence-electron chi connectivity index (χ3n) is 3.09. The zero-order valence-corrected chi connectivity index (χ0v) is 10.6. The summed E-state index contributed by atoms with van der Waals surface area (Å²) in [6.45, 7) is 0. The number of H-pyrrole nitrogens is 1. The van der Waals surface area contributed by atoms with E-state index >= 15 is 0 Å². The summed E-state index contributed by atoms with van der Waals surface area (Å²) in [4.78, 5) is 18.0. The maximum atomic E-state index is 12.8. The summed E-state index contributed by atoms with van der Waals surface area (Å²) in [7, 11) is 0. The van der Waals surface area contributed by atoms with E-state index in [0.29, 0.717) is 11.6 Å². The van der Waals surface area contributed by atoms with Gasteiger partial charge in [0.1, 0.15) is 0 Å². The maximum Gasteiger partial charge on any atom is 0.416 e. The molecule has 1 N–H and O–H groups in total. The van der Waals surface area contributed by atoms with Gasteiger partial charge in [0.15, 0.2) is 0 Å². The standard InChI is InChI=1S/C15H9F3N2O/c16-15(17,18)11-7-13(20-14(21)8-11)10-3-4-12-9(6-10)2-1-5-19-12/h1-8H,(H,20,21). The number of hydrogen-bond acceptors (Lipinski definition) is 2. The molecule has 0 aliphatic carbocycles. The lowest BCUT2D eigenvalue weighted by molar-refractivity contribution is -0.137. The quantitative estimate of drug-likeness (QED) is 0.744. The molecule has 6 heteroatoms. The maximum absolute atomic E-state index is 12.8. The number of aromatic amines is 1. The number of aromatic nitrogens is 2. The van der Waals surface area contributed by atoms with Crippen LogP contribution in [0.5, 0.6) is 0 Å². The van der Waals surface area contributed by atoms with Crippen molar-refractivity contribution in [1.82, 2.24) is 9.97 Å². The largest absolute Gasteiger partial charge is 0.416 e. The molecule has 0 fully saturated rings. The third kappa shape index (κ3) is 2.65. The van der Waals surface area contributed by atoms with Crippen molar-refractivity contribution in [3.8, 4) is 11.3 Å². The Labute approximate surface area is 117 Å². The van der Waals surface area contributed by atoms with E-state index < -0.39 is 17.3 Å². The van der Waals surface area contributed by atoms with Crippen LogP contribution in [0.2, 0.25) is 0 Å². The highest BCUT2D eigenvalue weighted by molar-refractivity contribution is 5.83. The summed E-state index contributed by atoms with van der Waals surface area (Å²) in [5, 5.41) is 0.785. The van der Waals surface area contributed by atoms with Gasteiger partial charge in [-0.2, -0.15) is 13.2 Å². The lowest BCUT2D eigenvalue weighted by Gasteiger charge is -2.09. The van der Waals surface area contributed by atoms with Gasteiger partial charge in [0, 0.05) is 23.3 Å². The topological polar surface area (TPSA) is 45.8 Å². The number of benzene rings is 1. The van der Waals surface area contributed by atoms with Gasteiger partial charge in [-0.1, -0.05) is 12.1 Å². The molecule has 0 bridgehead atoms. The van der Waals surface area contributed by atoms with E-state index in [1.807, 2.05) is 0 Å². The highest BCUT2D eigenvalue weighted by Crippen LogP contribution is 2.30. The second-order valence-corrected chi connectivity index (χ2v) is 4.56. The molecule has 3 rings (SSSR count). The summed E-state index contributed by atoms with van der Waals surface area (Å²) in [5.41, 5.74) is -0.395. The molecule has 0 radical (unpaired) electrons. The SMILES string of the molecule is O=c1cc(C(F)(F)F)cc(-c2ccc3ncccc3c2)[nH]1. The Balaban J connectivity index is 2.18. The van der Waals surface area contributed by atoms with Crippen LogP contribution in [0.15, 0.2) is 53.5 Å². The highest BCUT2D eigenvalue weighted by atomic mass is 19.4. The van der Waals surface area contributed by atoms with Crippen molar-refractivity contribution < 1.29 is 13.2 Å². The Hall–Kier alpha value is -2.63. The lowest BCUT2D eigenvalue weighted by Crippen LogP contribution is -2.13. The molecule has 1 aromatic carbocycles. The first-order valence-corrected chi connectivity index (χ1v) is 6.10. The van der Waals surface area contributed by atoms with Crippen molar-refractivity contribution in [3.05, 3.63) is 64.6 Å². The fraction of sp³-hybridized carbons (Fsp3) is 0.0667. The van der Waals surface area contributed by atoms with Gasteiger partial charge in [-0.3, -0.25) is 9.78 Å². The van der Waals surface area contributed by atoms with E-state index in [1.54, 1.807) is 36.5 Å². The van der Waals surface area contributed by atoms with Crippen molar-refractivity contribution >= 4 is 10.9 Å². The smallest absolute Gasteiger partial charge is 0.322 e. The molecule has 21 heavy (non-hydrogen) atoms. The van der Waals surface area contributed by atoms with Gasteiger partial charge in [-0.25, -0.2) is 0 Å². The Bertz CT molecular complexity index is 868. The highest BCUT2D eigenvalue weighted by Gasteiger charge is 2.31. The van der Waals surface area contributed by atoms with Gasteiger partial charge in [-0.15, -0.1) is 0 Å². The molecule has 0 spiro atoms. The Kier molecular flexibility index (Phi) is 3.01. The number of rotatable bonds is 1. The predicted octanol–water partition coefficient (Wildman–Crippen LogP) is 3.61. The molecular weight excluding hydrogens is 281 g/mol. The summed E-state index contributed by atoms with van der Waals surface area (Å²) in [6.07, 6.45) is -2.92. The van der Waals surface area contributed by atoms with Gasteiger partial charge in [0.25, 0.3) is 0 Å². The Morgan fingerprint density at radius 2 is 1.86 bits per heavy atom. The van der Waals surface area contributed by atoms with Gasteiger partial charge >= 0.3 is 6.18 Å². The van der Waals surface area contributed by atoms with Crippen molar-refractivity contribution in [1.29, 1.82) is 0 Å². The molecule has 0 saturated heterocycles. The monoisotopic (exact) mass is 290 g/mol. The van der Waals surface area contributed by atoms with E-state index in [0.717, 1.165) is 17.0 Å². The fourth-order valence-electron chi connectivity index (χ4n) is 2.11. The van der Waals surface area contributed by atoms with Crippen molar-refractivity contribution in [2.45, 2.75) is 6.18 Å². The van der Waals surface area contributed by atoms with Crippen LogP contribution in [0.3, 0.4) is 0 Å². The number of nitrogens with zero attached hydrogens (tertiary/aromatic N) is 1. The molecule has 2 heterocycles. The molecule has 3 aromatic rings. The minimum Gasteiger partial charge on any atom is -0.322 e. The van der Waals surface area contributed by atoms with Crippen LogP contribution in [0.1, 0.15) is 5.56 Å². The van der Waals surface area contributed by atoms with E-state index in [4.69, 9.17) is 0 Å². The molecule has 0 saturated carbocycles. The van der Waals surface area contributed by atoms with Crippen LogP contribution < -0.4 is 5.56 Å². The normalized spacial score (nSPS) is 11.8. The number of fused-ring (bicyclic) bond motifs is 1. The van der Waals surface area contributed by atoms with Crippen LogP contribution >= 0.6 is 0 Å². The Morgan fingerprint density at radius 1 is 1.05 bits per heavy atom. The fourth-order valence-corrected chi connectivity index (χ4v) is 2.11. The molecule has 0 aliphatic heterocycles. The van der Waals surface area contributed by atoms with E-state index in [9.17, 15) is 18.0 Å². The van der Waals surface area contributed by atoms with Gasteiger partial charge in [0.05, 0.1) is 11.1 Å². The summed E-state index contributed by atoms with van der Waals surface area (Å²) < 4.78 is 38.3. The Morgan fingerprint density at radius 3 is 2.62 bits per heavy atom. The van der Waals surface area contributed by atoms with Crippen molar-refractivity contribution in [2.24, 2.45) is 0 Å². The van der Waals surface area contributed by atoms with Gasteiger partial charge < -0.3 is 4.98 Å². The average Bonchev–Trinajstić information content (AvgIpc) is 2.45. The minimum absolute atomic E-state index is 0.126. The molecular formula is C15H9F3N2O. The second-order valence-electron chi connectivity index (χ2n) is 4.56. The van der Waals surface area contributed by atoms with Crippen molar-refractivity contribution in [3.63, 3.8) is 0 Å². The molecule has 3 nitrogen and oxygen atoms in total. The van der Waals surface area contributed by atoms with Crippen LogP contribution in [0.25, 0.3) is 22.2 Å². The molecule has 2 aromatic heterocycles. The first-order valence-electron chi connectivity index (χ1n) is 6.10. The molecule has 0 aliphatic rings. The van der Waals surface area contributed by atoms with Crippen LogP contribution in [0.4, 0.5) is 13.2 Å². The van der Waals surface area contributed by atoms with Crippen molar-refractivity contribution in [2.75, 3.05) is 0 Å². The van der Waals surface area contributed by atoms with E-state index in [1.165, 1.54) is 0 Å². The molecule has 106 valence electrons. The third-order valence-corrected chi connectivity index (χ3v) is 3.09. The summed E-state index contributed by atoms with van der Waals surface area (Å²) in [5.74, 6) is 0. The average molecular weight is 290 g/mol. The molecule has 0 atom stereocenters. The zero-order chi connectivity index (χ0) is 15.0. The minimum atomic E-state index is -4.55. The number of pyridine rings is 2. The number of halogens is 3. The first kappa shape index (κ1) is 13.4. The first-order chi connectivity index (χ1) is 9.93. The predicted molar refractivity (Wildman–Crippen MR) is 72.8 cm³/mol. The van der Waals surface area contributed by atoms with Crippen LogP contribution in [-0.2, 0) is 6.18 Å². The zero-order valence-electron chi connectivity index (χ0n) is 10.6. The number of nitrogens with one attached hydrogen (secondary N) is 1. The number of alkyl halides is 3. The second kappa shape index (κ2) is 4.73. The lowest BCUT2D eigenvalue weighted by atomic mass is 10.1. The van der Waals surface area contributed by atoms with E-state index in [-0.39, 0.29) is 5.69 Å². The van der Waals surface area contributed by atoms with Gasteiger partial charge in [0.2, 0.25) is 5.56 Å². The summed E-state index contributed by atoms with van der Waals surface area (Å²) >= 11 is 0. The van der Waals surface area contributed by atoms with Crippen LogP contribution in [0, 0.1) is 0 Å². The molecule has 0 unspecified atom stereocenters. The van der Waals surface area contributed by atoms with Crippen LogP contribution in [-0.4, -0.2) is 9.97 Å². The molecule has 0 amide bonds. The summed E-state index contributed by atoms with van der Waals surface area (Å²) in [6, 6.07) is 10.0. The number of hydrogen-bond donors (Lipinski definition) is 1. The van der Waals surface area contributed by atoms with E-state index in [2.05, 4.69) is 9.97 Å².